The average Bonchev–Trinajstić information content (AvgIpc) is 2.10. The largest absolute Gasteiger partial charge is 0.299 e. The molecule has 0 aromatic rings. The summed E-state index contributed by atoms with van der Waals surface area (Å²) < 4.78 is 0. The summed E-state index contributed by atoms with van der Waals surface area (Å²) in [6.07, 6.45) is 1.62. The molecule has 2 nitrogen and oxygen atoms in total. The van der Waals surface area contributed by atoms with Crippen LogP contribution in [0, 0.1) is 47.3 Å². The van der Waals surface area contributed by atoms with Gasteiger partial charge in [0, 0.05) is 24.7 Å². The molecule has 0 saturated heterocycles. The van der Waals surface area contributed by atoms with Crippen molar-refractivity contribution in [1.29, 1.82) is 0 Å². The molecule has 8 fully saturated rings. The molecule has 8 aliphatic rings. The second-order valence-electron chi connectivity index (χ2n) is 6.03. The van der Waals surface area contributed by atoms with Gasteiger partial charge < -0.3 is 0 Å². The Balaban J connectivity index is 1.75. The zero-order valence-corrected chi connectivity index (χ0v) is 7.85. The van der Waals surface area contributed by atoms with Crippen molar-refractivity contribution in [2.24, 2.45) is 47.3 Å². The monoisotopic (exact) mass is 188 g/mol. The fraction of sp³-hybridized carbons (Fsp3) is 0.833. The topological polar surface area (TPSA) is 34.1 Å². The molecular weight excluding hydrogens is 176 g/mol. The van der Waals surface area contributed by atoms with Crippen molar-refractivity contribution in [3.63, 3.8) is 0 Å². The van der Waals surface area contributed by atoms with Crippen LogP contribution in [0.15, 0.2) is 0 Å². The molecule has 0 aromatic carbocycles. The average molecular weight is 188 g/mol. The molecule has 0 aromatic heterocycles. The minimum absolute atomic E-state index is 0.336. The van der Waals surface area contributed by atoms with Gasteiger partial charge >= 0.3 is 0 Å². The Bertz CT molecular complexity index is 391. The lowest BCUT2D eigenvalue weighted by molar-refractivity contribution is -0.319. The van der Waals surface area contributed by atoms with Gasteiger partial charge in [-0.25, -0.2) is 0 Å². The summed E-state index contributed by atoms with van der Waals surface area (Å²) in [5, 5.41) is 0. The van der Waals surface area contributed by atoms with E-state index in [2.05, 4.69) is 0 Å². The van der Waals surface area contributed by atoms with Crippen molar-refractivity contribution in [3.8, 4) is 0 Å². The lowest BCUT2D eigenvalue weighted by atomic mass is 9.21. The highest BCUT2D eigenvalue weighted by Gasteiger charge is 2.81. The fourth-order valence-corrected chi connectivity index (χ4v) is 6.06. The van der Waals surface area contributed by atoms with Gasteiger partial charge in [0.15, 0.2) is 0 Å². The number of carbonyl (C=O) groups is 2. The first kappa shape index (κ1) is 6.76. The number of rotatable bonds is 0. The summed E-state index contributed by atoms with van der Waals surface area (Å²) in [6.45, 7) is 0. The van der Waals surface area contributed by atoms with Crippen LogP contribution in [0.1, 0.15) is 12.8 Å². The van der Waals surface area contributed by atoms with E-state index in [1.165, 1.54) is 0 Å². The number of carbonyl (C=O) groups excluding carboxylic acids is 2. The van der Waals surface area contributed by atoms with E-state index in [-0.39, 0.29) is 0 Å². The van der Waals surface area contributed by atoms with E-state index in [0.717, 1.165) is 36.5 Å². The molecular formula is C12H12O2. The van der Waals surface area contributed by atoms with Gasteiger partial charge in [0.1, 0.15) is 11.6 Å². The minimum Gasteiger partial charge on any atom is -0.299 e. The molecule has 0 radical (unpaired) electrons. The van der Waals surface area contributed by atoms with Crippen LogP contribution in [0.3, 0.4) is 0 Å². The summed E-state index contributed by atoms with van der Waals surface area (Å²) in [7, 11) is 0. The van der Waals surface area contributed by atoms with Crippen molar-refractivity contribution in [3.05, 3.63) is 0 Å². The molecule has 8 unspecified atom stereocenters. The lowest BCUT2D eigenvalue weighted by Gasteiger charge is -2.81. The van der Waals surface area contributed by atoms with E-state index in [4.69, 9.17) is 0 Å². The van der Waals surface area contributed by atoms with Crippen molar-refractivity contribution in [2.45, 2.75) is 12.8 Å². The van der Waals surface area contributed by atoms with E-state index in [1.807, 2.05) is 0 Å². The second-order valence-corrected chi connectivity index (χ2v) is 6.03. The molecule has 2 heteroatoms. The van der Waals surface area contributed by atoms with Crippen molar-refractivity contribution >= 4 is 11.6 Å². The fourth-order valence-electron chi connectivity index (χ4n) is 6.06. The molecule has 8 bridgehead atoms. The van der Waals surface area contributed by atoms with Crippen LogP contribution in [-0.2, 0) is 9.59 Å². The SMILES string of the molecule is O=C1CC2C3C4CC(=O)C5C(C14)C2C53. The molecule has 8 aliphatic carbocycles. The number of Topliss-reactive ketones (excluding diaryl/α,β-unsaturated/α-hetero) is 2. The Morgan fingerprint density at radius 1 is 0.714 bits per heavy atom. The predicted octanol–water partition coefficient (Wildman–Crippen LogP) is 0.902. The summed E-state index contributed by atoms with van der Waals surface area (Å²) in [6, 6.07) is 0. The highest BCUT2D eigenvalue weighted by Crippen LogP contribution is 2.81. The van der Waals surface area contributed by atoms with Gasteiger partial charge in [-0.05, 0) is 35.5 Å². The predicted molar refractivity (Wildman–Crippen MR) is 47.2 cm³/mol. The van der Waals surface area contributed by atoms with E-state index < -0.39 is 0 Å². The third-order valence-corrected chi connectivity index (χ3v) is 6.14. The second kappa shape index (κ2) is 1.62. The molecule has 72 valence electrons. The van der Waals surface area contributed by atoms with Gasteiger partial charge in [-0.2, -0.15) is 0 Å². The van der Waals surface area contributed by atoms with Crippen molar-refractivity contribution in [2.75, 3.05) is 0 Å². The summed E-state index contributed by atoms with van der Waals surface area (Å²) in [5.74, 6) is 5.81. The highest BCUT2D eigenvalue weighted by atomic mass is 16.1. The third-order valence-electron chi connectivity index (χ3n) is 6.14. The molecule has 8 atom stereocenters. The van der Waals surface area contributed by atoms with Crippen LogP contribution < -0.4 is 0 Å². The van der Waals surface area contributed by atoms with Crippen LogP contribution in [0.5, 0.6) is 0 Å². The number of hydrogen-bond acceptors (Lipinski definition) is 2. The molecule has 8 saturated carbocycles. The molecule has 0 heterocycles. The Morgan fingerprint density at radius 2 is 1.43 bits per heavy atom. The van der Waals surface area contributed by atoms with E-state index in [0.29, 0.717) is 35.2 Å². The normalized spacial score (nSPS) is 70.6. The number of fused-ring (bicyclic) bond motifs is 2. The van der Waals surface area contributed by atoms with Crippen LogP contribution >= 0.6 is 0 Å². The summed E-state index contributed by atoms with van der Waals surface area (Å²) in [4.78, 5) is 23.6. The minimum atomic E-state index is 0.336. The Labute approximate surface area is 82.0 Å². The van der Waals surface area contributed by atoms with Gasteiger partial charge in [0.2, 0.25) is 0 Å². The van der Waals surface area contributed by atoms with Gasteiger partial charge in [-0.3, -0.25) is 9.59 Å². The first-order valence-electron chi connectivity index (χ1n) is 5.84. The first-order valence-corrected chi connectivity index (χ1v) is 5.84. The third kappa shape index (κ3) is 0.396. The van der Waals surface area contributed by atoms with Crippen LogP contribution in [0.25, 0.3) is 0 Å². The first-order chi connectivity index (χ1) is 6.79. The maximum atomic E-state index is 11.8. The standard InChI is InChI=1S/C12H12O2/c13-5-2-4-7-3-1-6(14)10-11(7)9(4)12(10)8(3)5/h3-4,7-12H,1-2H2. The lowest BCUT2D eigenvalue weighted by Crippen LogP contribution is -2.82. The van der Waals surface area contributed by atoms with Crippen molar-refractivity contribution in [1.82, 2.24) is 0 Å². The Kier molecular flexibility index (Phi) is 0.780. The number of ketones is 2. The van der Waals surface area contributed by atoms with Crippen molar-refractivity contribution < 1.29 is 9.59 Å². The Hall–Kier alpha value is -0.660. The van der Waals surface area contributed by atoms with Gasteiger partial charge in [0.25, 0.3) is 0 Å². The van der Waals surface area contributed by atoms with Crippen LogP contribution in [0.2, 0.25) is 0 Å². The maximum absolute atomic E-state index is 11.8. The summed E-state index contributed by atoms with van der Waals surface area (Å²) in [5.41, 5.74) is 0. The van der Waals surface area contributed by atoms with E-state index >= 15 is 0 Å². The summed E-state index contributed by atoms with van der Waals surface area (Å²) >= 11 is 0. The van der Waals surface area contributed by atoms with Gasteiger partial charge in [-0.1, -0.05) is 0 Å². The molecule has 0 N–H and O–H groups in total. The number of hydrogen-bond donors (Lipinski definition) is 0. The highest BCUT2D eigenvalue weighted by molar-refractivity contribution is 5.93. The van der Waals surface area contributed by atoms with E-state index in [9.17, 15) is 9.59 Å². The zero-order chi connectivity index (χ0) is 9.19. The zero-order valence-electron chi connectivity index (χ0n) is 7.85. The maximum Gasteiger partial charge on any atom is 0.136 e. The van der Waals surface area contributed by atoms with Crippen LogP contribution in [0.4, 0.5) is 0 Å². The van der Waals surface area contributed by atoms with Crippen LogP contribution in [-0.4, -0.2) is 11.6 Å². The smallest absolute Gasteiger partial charge is 0.136 e. The molecule has 0 spiro atoms. The quantitative estimate of drug-likeness (QED) is 0.566. The van der Waals surface area contributed by atoms with E-state index in [1.54, 1.807) is 0 Å². The molecule has 8 rings (SSSR count). The van der Waals surface area contributed by atoms with Gasteiger partial charge in [0.05, 0.1) is 0 Å². The molecule has 0 aliphatic heterocycles. The molecule has 0 amide bonds. The van der Waals surface area contributed by atoms with Gasteiger partial charge in [-0.15, -0.1) is 0 Å². The molecule has 14 heavy (non-hydrogen) atoms. The Morgan fingerprint density at radius 3 is 2.21 bits per heavy atom.